The van der Waals surface area contributed by atoms with E-state index in [0.717, 1.165) is 24.4 Å². The summed E-state index contributed by atoms with van der Waals surface area (Å²) in [5.74, 6) is 1.61. The van der Waals surface area contributed by atoms with Crippen LogP contribution in [0, 0.1) is 0 Å². The van der Waals surface area contributed by atoms with E-state index < -0.39 is 0 Å². The zero-order chi connectivity index (χ0) is 17.2. The zero-order valence-corrected chi connectivity index (χ0v) is 15.0. The molecule has 0 saturated carbocycles. The van der Waals surface area contributed by atoms with Crippen LogP contribution >= 0.6 is 0 Å². The first-order valence-corrected chi connectivity index (χ1v) is 9.13. The van der Waals surface area contributed by atoms with Gasteiger partial charge in [-0.25, -0.2) is 0 Å². The predicted octanol–water partition coefficient (Wildman–Crippen LogP) is 3.87. The summed E-state index contributed by atoms with van der Waals surface area (Å²) in [6.07, 6.45) is 10.3. The lowest BCUT2D eigenvalue weighted by atomic mass is 9.81. The Hall–Kier alpha value is -2.20. The number of fused-ring (bicyclic) bond motifs is 1. The highest BCUT2D eigenvalue weighted by Gasteiger charge is 2.32. The Bertz CT molecular complexity index is 768. The fourth-order valence-electron chi connectivity index (χ4n) is 4.00. The molecule has 1 aromatic heterocycles. The van der Waals surface area contributed by atoms with E-state index in [4.69, 9.17) is 4.74 Å². The van der Waals surface area contributed by atoms with Gasteiger partial charge in [-0.05, 0) is 49.2 Å². The van der Waals surface area contributed by atoms with Crippen molar-refractivity contribution < 1.29 is 4.74 Å². The summed E-state index contributed by atoms with van der Waals surface area (Å²) in [5, 5.41) is 0. The smallest absolute Gasteiger partial charge is 0.119 e. The van der Waals surface area contributed by atoms with Crippen molar-refractivity contribution in [2.75, 3.05) is 26.7 Å². The molecule has 1 aliphatic heterocycles. The molecule has 0 amide bonds. The second kappa shape index (κ2) is 6.96. The maximum absolute atomic E-state index is 5.42. The molecule has 4 rings (SSSR count). The van der Waals surface area contributed by atoms with E-state index in [1.165, 1.54) is 36.2 Å². The van der Waals surface area contributed by atoms with Gasteiger partial charge in [-0.15, -0.1) is 0 Å². The van der Waals surface area contributed by atoms with Crippen LogP contribution in [0.5, 0.6) is 5.75 Å². The number of aromatic nitrogens is 2. The van der Waals surface area contributed by atoms with Crippen molar-refractivity contribution in [1.82, 2.24) is 14.9 Å². The van der Waals surface area contributed by atoms with Gasteiger partial charge in [0.2, 0.25) is 0 Å². The summed E-state index contributed by atoms with van der Waals surface area (Å²) >= 11 is 0. The predicted molar refractivity (Wildman–Crippen MR) is 99.8 cm³/mol. The molecule has 2 unspecified atom stereocenters. The van der Waals surface area contributed by atoms with Gasteiger partial charge >= 0.3 is 0 Å². The van der Waals surface area contributed by atoms with Crippen molar-refractivity contribution in [1.29, 1.82) is 0 Å². The van der Waals surface area contributed by atoms with Gasteiger partial charge in [0.05, 0.1) is 12.8 Å². The van der Waals surface area contributed by atoms with E-state index in [-0.39, 0.29) is 0 Å². The molecule has 0 N–H and O–H groups in total. The summed E-state index contributed by atoms with van der Waals surface area (Å²) in [4.78, 5) is 11.4. The lowest BCUT2D eigenvalue weighted by molar-refractivity contribution is 0.183. The minimum atomic E-state index is 0.311. The van der Waals surface area contributed by atoms with Gasteiger partial charge in [0, 0.05) is 37.0 Å². The average Bonchev–Trinajstić information content (AvgIpc) is 2.97. The van der Waals surface area contributed by atoms with E-state index >= 15 is 0 Å². The van der Waals surface area contributed by atoms with Gasteiger partial charge in [0.25, 0.3) is 0 Å². The van der Waals surface area contributed by atoms with Crippen molar-refractivity contribution in [2.24, 2.45) is 0 Å². The summed E-state index contributed by atoms with van der Waals surface area (Å²) in [7, 11) is 1.73. The highest BCUT2D eigenvalue weighted by molar-refractivity contribution is 5.68. The fraction of sp³-hybridized carbons (Fsp3) is 0.429. The number of nitrogens with zero attached hydrogens (tertiary/aromatic N) is 3. The van der Waals surface area contributed by atoms with Crippen LogP contribution < -0.4 is 4.74 Å². The summed E-state index contributed by atoms with van der Waals surface area (Å²) in [6.45, 7) is 5.92. The quantitative estimate of drug-likeness (QED) is 0.803. The van der Waals surface area contributed by atoms with Crippen molar-refractivity contribution in [3.8, 4) is 5.75 Å². The Morgan fingerprint density at radius 1 is 1.28 bits per heavy atom. The lowest BCUT2D eigenvalue weighted by Gasteiger charge is -2.32. The molecule has 4 nitrogen and oxygen atoms in total. The molecule has 2 heterocycles. The number of hydrogen-bond acceptors (Lipinski definition) is 4. The molecule has 1 aromatic carbocycles. The normalized spacial score (nSPS) is 20.6. The minimum absolute atomic E-state index is 0.311. The van der Waals surface area contributed by atoms with E-state index in [1.807, 2.05) is 6.20 Å². The molecule has 1 saturated heterocycles. The van der Waals surface area contributed by atoms with Crippen LogP contribution in [0.4, 0.5) is 0 Å². The third-order valence-electron chi connectivity index (χ3n) is 5.58. The summed E-state index contributed by atoms with van der Waals surface area (Å²) in [6, 6.07) is 6.45. The topological polar surface area (TPSA) is 38.2 Å². The van der Waals surface area contributed by atoms with E-state index in [2.05, 4.69) is 46.1 Å². The minimum Gasteiger partial charge on any atom is -0.497 e. The summed E-state index contributed by atoms with van der Waals surface area (Å²) < 4.78 is 5.42. The Kier molecular flexibility index (Phi) is 4.53. The van der Waals surface area contributed by atoms with Gasteiger partial charge in [-0.2, -0.15) is 0 Å². The van der Waals surface area contributed by atoms with Crippen molar-refractivity contribution in [3.05, 3.63) is 59.2 Å². The number of ether oxygens (including phenoxy) is 1. The molecule has 0 radical (unpaired) electrons. The van der Waals surface area contributed by atoms with Crippen LogP contribution in [0.1, 0.15) is 48.4 Å². The van der Waals surface area contributed by atoms with Gasteiger partial charge in [0.1, 0.15) is 5.75 Å². The third kappa shape index (κ3) is 3.19. The average molecular weight is 335 g/mol. The number of likely N-dealkylation sites (tertiary alicyclic amines) is 1. The second-order valence-electron chi connectivity index (χ2n) is 7.06. The van der Waals surface area contributed by atoms with Gasteiger partial charge < -0.3 is 9.64 Å². The van der Waals surface area contributed by atoms with Gasteiger partial charge in [0.15, 0.2) is 0 Å². The molecular formula is C21H25N3O. The first kappa shape index (κ1) is 16.3. The highest BCUT2D eigenvalue weighted by atomic mass is 16.5. The van der Waals surface area contributed by atoms with Crippen molar-refractivity contribution in [2.45, 2.75) is 31.6 Å². The molecule has 2 aromatic rings. The molecule has 1 aliphatic carbocycles. The lowest BCUT2D eigenvalue weighted by Crippen LogP contribution is -2.37. The Morgan fingerprint density at radius 3 is 2.84 bits per heavy atom. The standard InChI is InChI=1S/C21H25N3O/c1-15(20-14-22-7-8-23-20)21-16(6-11-24-9-3-10-24)12-17-13-18(25-2)4-5-19(17)21/h4-5,7-8,12-15,21H,3,6,9-11H2,1-2H3. The summed E-state index contributed by atoms with van der Waals surface area (Å²) in [5.41, 5.74) is 5.25. The fourth-order valence-corrected chi connectivity index (χ4v) is 4.00. The molecule has 2 atom stereocenters. The highest BCUT2D eigenvalue weighted by Crippen LogP contribution is 2.46. The monoisotopic (exact) mass is 335 g/mol. The maximum Gasteiger partial charge on any atom is 0.119 e. The Morgan fingerprint density at radius 2 is 2.16 bits per heavy atom. The van der Waals surface area contributed by atoms with E-state index in [1.54, 1.807) is 19.5 Å². The molecule has 0 bridgehead atoms. The Labute approximate surface area is 149 Å². The first-order chi connectivity index (χ1) is 12.3. The third-order valence-corrected chi connectivity index (χ3v) is 5.58. The molecule has 0 spiro atoms. The van der Waals surface area contributed by atoms with Gasteiger partial charge in [-0.3, -0.25) is 9.97 Å². The van der Waals surface area contributed by atoms with E-state index in [0.29, 0.717) is 11.8 Å². The Balaban J connectivity index is 1.64. The molecule has 1 fully saturated rings. The van der Waals surface area contributed by atoms with Crippen LogP contribution in [-0.2, 0) is 0 Å². The van der Waals surface area contributed by atoms with Crippen molar-refractivity contribution in [3.63, 3.8) is 0 Å². The molecule has 4 heteroatoms. The van der Waals surface area contributed by atoms with Crippen molar-refractivity contribution >= 4 is 6.08 Å². The number of hydrogen-bond donors (Lipinski definition) is 0. The van der Waals surface area contributed by atoms with Gasteiger partial charge in [-0.1, -0.05) is 24.6 Å². The van der Waals surface area contributed by atoms with E-state index in [9.17, 15) is 0 Å². The van der Waals surface area contributed by atoms with Crippen LogP contribution in [0.25, 0.3) is 6.08 Å². The molecule has 25 heavy (non-hydrogen) atoms. The number of methoxy groups -OCH3 is 1. The molecular weight excluding hydrogens is 310 g/mol. The second-order valence-corrected chi connectivity index (χ2v) is 7.06. The van der Waals surface area contributed by atoms with Crippen LogP contribution in [0.3, 0.4) is 0 Å². The van der Waals surface area contributed by atoms with Crippen LogP contribution in [0.2, 0.25) is 0 Å². The SMILES string of the molecule is COc1ccc2c(c1)C=C(CCN1CCC1)C2C(C)c1cnccn1. The number of rotatable bonds is 6. The number of benzene rings is 1. The zero-order valence-electron chi connectivity index (χ0n) is 15.0. The largest absolute Gasteiger partial charge is 0.497 e. The van der Waals surface area contributed by atoms with Crippen LogP contribution in [0.15, 0.2) is 42.4 Å². The molecule has 130 valence electrons. The van der Waals surface area contributed by atoms with Crippen LogP contribution in [-0.4, -0.2) is 41.6 Å². The first-order valence-electron chi connectivity index (χ1n) is 9.13. The maximum atomic E-state index is 5.42. The molecule has 2 aliphatic rings.